The zero-order valence-electron chi connectivity index (χ0n) is 21.9. The summed E-state index contributed by atoms with van der Waals surface area (Å²) in [6, 6.07) is 11.3. The van der Waals surface area contributed by atoms with Crippen molar-refractivity contribution < 1.29 is 32.6 Å². The topological polar surface area (TPSA) is 183 Å². The Morgan fingerprint density at radius 3 is 2.36 bits per heavy atom. The molecule has 1 aliphatic rings. The maximum absolute atomic E-state index is 13.6. The molecule has 1 saturated heterocycles. The highest BCUT2D eigenvalue weighted by Gasteiger charge is 2.49. The highest BCUT2D eigenvalue weighted by atomic mass is 32.2. The number of amidine groups is 1. The quantitative estimate of drug-likeness (QED) is 0.137. The molecular formula is C26H33N5O7S. The van der Waals surface area contributed by atoms with Crippen molar-refractivity contribution >= 4 is 45.2 Å². The number of urea groups is 1. The van der Waals surface area contributed by atoms with Crippen molar-refractivity contribution in [1.29, 1.82) is 5.41 Å². The van der Waals surface area contributed by atoms with Crippen LogP contribution in [-0.2, 0) is 30.8 Å². The Morgan fingerprint density at radius 2 is 1.82 bits per heavy atom. The molecule has 0 spiro atoms. The van der Waals surface area contributed by atoms with E-state index in [-0.39, 0.29) is 31.1 Å². The van der Waals surface area contributed by atoms with Gasteiger partial charge in [-0.15, -0.1) is 0 Å². The maximum Gasteiger partial charge on any atom is 0.429 e. The third kappa shape index (κ3) is 6.99. The van der Waals surface area contributed by atoms with Crippen LogP contribution >= 0.6 is 0 Å². The number of sulfonamides is 1. The van der Waals surface area contributed by atoms with Crippen molar-refractivity contribution in [3.8, 4) is 0 Å². The Labute approximate surface area is 227 Å². The molecule has 1 aliphatic heterocycles. The summed E-state index contributed by atoms with van der Waals surface area (Å²) in [6.07, 6.45) is 1.13. The molecule has 12 nitrogen and oxygen atoms in total. The smallest absolute Gasteiger partial charge is 0.429 e. The highest BCUT2D eigenvalue weighted by Crippen LogP contribution is 2.33. The third-order valence-corrected chi connectivity index (χ3v) is 8.11. The van der Waals surface area contributed by atoms with Crippen LogP contribution < -0.4 is 24.9 Å². The Kier molecular flexibility index (Phi) is 9.43. The number of carbonyl (C=O) groups excluding carboxylic acids is 3. The summed E-state index contributed by atoms with van der Waals surface area (Å²) < 4.78 is 31.4. The summed E-state index contributed by atoms with van der Waals surface area (Å²) in [7, 11) is -2.53. The van der Waals surface area contributed by atoms with Crippen molar-refractivity contribution in [2.45, 2.75) is 32.2 Å². The molecule has 210 valence electrons. The number of unbranched alkanes of at least 4 members (excludes halogenated alkanes) is 1. The number of rotatable bonds is 13. The number of hydrogen-bond donors (Lipinski definition) is 3. The van der Waals surface area contributed by atoms with Gasteiger partial charge in [0, 0.05) is 11.3 Å². The van der Waals surface area contributed by atoms with E-state index in [1.807, 2.05) is 6.92 Å². The van der Waals surface area contributed by atoms with Gasteiger partial charge in [-0.1, -0.05) is 25.5 Å². The van der Waals surface area contributed by atoms with Crippen molar-refractivity contribution in [1.82, 2.24) is 9.21 Å². The SMILES string of the molecule is CCCCS(=O)(=O)NC(Cc1ccc([N+]2(CC(=O)[O-])CCN(c3ccc(C(=N)N)cc3)C2=O)cc1)C(=O)OC. The van der Waals surface area contributed by atoms with Crippen LogP contribution in [0.5, 0.6) is 0 Å². The molecule has 0 saturated carbocycles. The molecule has 1 fully saturated rings. The molecule has 0 bridgehead atoms. The summed E-state index contributed by atoms with van der Waals surface area (Å²) in [5.41, 5.74) is 7.53. The van der Waals surface area contributed by atoms with E-state index in [0.29, 0.717) is 35.3 Å². The van der Waals surface area contributed by atoms with Crippen LogP contribution in [0.1, 0.15) is 30.9 Å². The number of quaternary nitrogens is 1. The standard InChI is InChI=1S/C26H33N5O7S/c1-3-4-15-39(36,37)29-22(25(34)38-2)16-18-5-11-21(12-6-18)31(17-23(32)33)14-13-30(26(31)35)20-9-7-19(8-10-20)24(27)28/h5-12,22,29H,3-4,13-17H2,1-2H3,(H3-,27,28,32,33). The van der Waals surface area contributed by atoms with Gasteiger partial charge in [-0.05, 0) is 54.8 Å². The second-order valence-electron chi connectivity index (χ2n) is 9.35. The van der Waals surface area contributed by atoms with Gasteiger partial charge < -0.3 is 20.4 Å². The zero-order valence-corrected chi connectivity index (χ0v) is 22.7. The number of nitrogens with one attached hydrogen (secondary N) is 2. The van der Waals surface area contributed by atoms with Crippen molar-refractivity contribution in [2.75, 3.05) is 37.4 Å². The number of nitrogens with two attached hydrogens (primary N) is 1. The lowest BCUT2D eigenvalue weighted by Crippen LogP contribution is -2.57. The van der Waals surface area contributed by atoms with Gasteiger partial charge in [0.05, 0.1) is 25.4 Å². The van der Waals surface area contributed by atoms with Gasteiger partial charge in [0.1, 0.15) is 30.7 Å². The Balaban J connectivity index is 1.86. The van der Waals surface area contributed by atoms with E-state index in [0.717, 1.165) is 0 Å². The third-order valence-electron chi connectivity index (χ3n) is 6.64. The lowest BCUT2D eigenvalue weighted by molar-refractivity contribution is -0.305. The first-order valence-electron chi connectivity index (χ1n) is 12.4. The molecular weight excluding hydrogens is 526 g/mol. The summed E-state index contributed by atoms with van der Waals surface area (Å²) in [5.74, 6) is -2.36. The number of carbonyl (C=O) groups is 3. The molecule has 2 atom stereocenters. The van der Waals surface area contributed by atoms with Gasteiger partial charge >= 0.3 is 12.0 Å². The number of benzene rings is 2. The van der Waals surface area contributed by atoms with Gasteiger partial charge in [0.15, 0.2) is 0 Å². The molecule has 0 radical (unpaired) electrons. The first-order valence-corrected chi connectivity index (χ1v) is 14.1. The molecule has 39 heavy (non-hydrogen) atoms. The summed E-state index contributed by atoms with van der Waals surface area (Å²) in [4.78, 5) is 39.1. The molecule has 0 aromatic heterocycles. The van der Waals surface area contributed by atoms with E-state index >= 15 is 0 Å². The molecule has 2 aromatic carbocycles. The van der Waals surface area contributed by atoms with Gasteiger partial charge in [-0.25, -0.2) is 22.4 Å². The Hall–Kier alpha value is -3.81. The molecule has 3 rings (SSSR count). The summed E-state index contributed by atoms with van der Waals surface area (Å²) >= 11 is 0. The molecule has 2 unspecified atom stereocenters. The fraction of sp³-hybridized carbons (Fsp3) is 0.385. The van der Waals surface area contributed by atoms with Crippen LogP contribution in [-0.4, -0.2) is 70.8 Å². The second kappa shape index (κ2) is 12.4. The van der Waals surface area contributed by atoms with E-state index in [4.69, 9.17) is 15.9 Å². The van der Waals surface area contributed by atoms with Crippen LogP contribution in [0.3, 0.4) is 0 Å². The number of esters is 1. The van der Waals surface area contributed by atoms with Crippen LogP contribution in [0.2, 0.25) is 0 Å². The minimum Gasteiger partial charge on any atom is -0.544 e. The fourth-order valence-corrected chi connectivity index (χ4v) is 5.93. The largest absolute Gasteiger partial charge is 0.544 e. The Morgan fingerprint density at radius 1 is 1.18 bits per heavy atom. The lowest BCUT2D eigenvalue weighted by atomic mass is 10.1. The predicted molar refractivity (Wildman–Crippen MR) is 145 cm³/mol. The molecule has 13 heteroatoms. The van der Waals surface area contributed by atoms with E-state index < -0.39 is 45.1 Å². The Bertz CT molecular complexity index is 1330. The minimum atomic E-state index is -3.71. The van der Waals surface area contributed by atoms with Crippen molar-refractivity contribution in [2.24, 2.45) is 5.73 Å². The van der Waals surface area contributed by atoms with E-state index in [9.17, 15) is 27.9 Å². The molecule has 2 amide bonds. The average Bonchev–Trinajstić information content (AvgIpc) is 3.22. The van der Waals surface area contributed by atoms with E-state index in [1.165, 1.54) is 12.0 Å². The normalized spacial score (nSPS) is 18.1. The highest BCUT2D eigenvalue weighted by molar-refractivity contribution is 7.89. The van der Waals surface area contributed by atoms with Gasteiger partial charge in [0.25, 0.3) is 0 Å². The van der Waals surface area contributed by atoms with Crippen LogP contribution in [0.25, 0.3) is 0 Å². The van der Waals surface area contributed by atoms with Crippen LogP contribution in [0, 0.1) is 5.41 Å². The first-order chi connectivity index (χ1) is 18.4. The maximum atomic E-state index is 13.6. The fourth-order valence-electron chi connectivity index (χ4n) is 4.53. The number of nitrogen functional groups attached to an aromatic ring is 1. The summed E-state index contributed by atoms with van der Waals surface area (Å²) in [5, 5.41) is 19.3. The van der Waals surface area contributed by atoms with E-state index in [1.54, 1.807) is 48.5 Å². The number of amides is 2. The number of methoxy groups -OCH3 is 1. The van der Waals surface area contributed by atoms with Gasteiger partial charge in [-0.3, -0.25) is 15.1 Å². The predicted octanol–water partition coefficient (Wildman–Crippen LogP) is 0.472. The van der Waals surface area contributed by atoms with Gasteiger partial charge in [0.2, 0.25) is 10.0 Å². The van der Waals surface area contributed by atoms with Crippen LogP contribution in [0.15, 0.2) is 48.5 Å². The van der Waals surface area contributed by atoms with Crippen molar-refractivity contribution in [3.05, 3.63) is 59.7 Å². The first kappa shape index (κ1) is 29.7. The molecule has 2 aromatic rings. The molecule has 0 aliphatic carbocycles. The van der Waals surface area contributed by atoms with Crippen molar-refractivity contribution in [3.63, 3.8) is 0 Å². The minimum absolute atomic E-state index is 0.00135. The average molecular weight is 560 g/mol. The number of carboxylic acid groups (broad SMARTS) is 1. The number of ether oxygens (including phenoxy) is 1. The van der Waals surface area contributed by atoms with Crippen LogP contribution in [0.4, 0.5) is 16.2 Å². The van der Waals surface area contributed by atoms with E-state index in [2.05, 4.69) is 4.72 Å². The lowest BCUT2D eigenvalue weighted by Gasteiger charge is -2.31. The molecule has 1 heterocycles. The monoisotopic (exact) mass is 559 g/mol. The number of nitrogens with zero attached hydrogens (tertiary/aromatic N) is 2. The molecule has 4 N–H and O–H groups in total. The van der Waals surface area contributed by atoms with Gasteiger partial charge in [-0.2, -0.15) is 0 Å². The second-order valence-corrected chi connectivity index (χ2v) is 11.2. The number of anilines is 1. The number of hydrogen-bond acceptors (Lipinski definition) is 8. The number of aliphatic carboxylic acids is 1. The number of carboxylic acids is 1. The summed E-state index contributed by atoms with van der Waals surface area (Å²) in [6.45, 7) is 1.70. The zero-order chi connectivity index (χ0) is 28.8.